The minimum absolute atomic E-state index is 0. The fraction of sp³-hybridized carbons (Fsp3) is 0.273. The van der Waals surface area contributed by atoms with Gasteiger partial charge >= 0.3 is 0 Å². The van der Waals surface area contributed by atoms with Crippen LogP contribution in [0.4, 0.5) is 11.4 Å². The average Bonchev–Trinajstić information content (AvgIpc) is 2.78. The van der Waals surface area contributed by atoms with E-state index >= 15 is 0 Å². The predicted molar refractivity (Wildman–Crippen MR) is 152 cm³/mol. The Morgan fingerprint density at radius 2 is 0.886 bits per heavy atom. The molecule has 0 heterocycles. The lowest BCUT2D eigenvalue weighted by molar-refractivity contribution is 0.619. The molecule has 190 valence electrons. The van der Waals surface area contributed by atoms with E-state index in [1.54, 1.807) is 48.5 Å². The van der Waals surface area contributed by atoms with E-state index in [-0.39, 0.29) is 40.8 Å². The molecule has 0 saturated heterocycles. The van der Waals surface area contributed by atoms with Crippen LogP contribution < -0.4 is 31.9 Å². The maximum absolute atomic E-state index is 7.86. The Bertz CT molecular complexity index is 888. The van der Waals surface area contributed by atoms with Crippen molar-refractivity contribution in [1.29, 1.82) is 21.6 Å². The van der Waals surface area contributed by atoms with Gasteiger partial charge < -0.3 is 21.3 Å². The molecule has 13 heteroatoms. The number of benzene rings is 2. The molecule has 2 rings (SSSR count). The van der Waals surface area contributed by atoms with Crippen molar-refractivity contribution >= 4 is 75.4 Å². The van der Waals surface area contributed by atoms with E-state index in [1.165, 1.54) is 0 Å². The van der Waals surface area contributed by atoms with E-state index in [1.807, 2.05) is 0 Å². The van der Waals surface area contributed by atoms with E-state index in [0.717, 1.165) is 25.7 Å². The van der Waals surface area contributed by atoms with Crippen LogP contribution in [0.25, 0.3) is 0 Å². The van der Waals surface area contributed by atoms with Crippen LogP contribution >= 0.6 is 40.2 Å². The number of unbranched alkanes of at least 4 members (excludes halogenated alkanes) is 3. The summed E-state index contributed by atoms with van der Waals surface area (Å²) in [4.78, 5) is 0. The van der Waals surface area contributed by atoms with Gasteiger partial charge in [-0.25, -0.2) is 0 Å². The van der Waals surface area contributed by atoms with Gasteiger partial charge in [-0.1, -0.05) is 36.0 Å². The molecule has 0 aliphatic heterocycles. The van der Waals surface area contributed by atoms with Gasteiger partial charge in [-0.15, -0.1) is 17.0 Å². The highest BCUT2D eigenvalue weighted by Gasteiger charge is 2.03. The second-order valence-corrected chi connectivity index (χ2v) is 8.15. The van der Waals surface area contributed by atoms with E-state index in [9.17, 15) is 0 Å². The van der Waals surface area contributed by atoms with E-state index in [4.69, 9.17) is 44.8 Å². The number of nitrogens with one attached hydrogen (secondary N) is 10. The van der Waals surface area contributed by atoms with Crippen molar-refractivity contribution in [3.05, 3.63) is 58.6 Å². The van der Waals surface area contributed by atoms with Crippen LogP contribution in [0, 0.1) is 21.6 Å². The van der Waals surface area contributed by atoms with E-state index in [2.05, 4.69) is 31.9 Å². The normalized spacial score (nSPS) is 9.77. The fourth-order valence-corrected chi connectivity index (χ4v) is 3.04. The highest BCUT2D eigenvalue weighted by atomic mass is 79.9. The summed E-state index contributed by atoms with van der Waals surface area (Å²) in [5.74, 6) is 0.112. The van der Waals surface area contributed by atoms with Crippen molar-refractivity contribution < 1.29 is 0 Å². The molecule has 2 aromatic rings. The van der Waals surface area contributed by atoms with E-state index in [0.29, 0.717) is 34.5 Å². The SMILES string of the molecule is Br.N=C(NCCCCCCNC(=N)NC(=N)Nc1ccc(Cl)cc1)NC(=N)Nc1ccc(Cl)cc1. The Morgan fingerprint density at radius 1 is 0.543 bits per heavy atom. The van der Waals surface area contributed by atoms with E-state index < -0.39 is 0 Å². The molecule has 0 spiro atoms. The summed E-state index contributed by atoms with van der Waals surface area (Å²) in [6, 6.07) is 13.9. The van der Waals surface area contributed by atoms with Crippen molar-refractivity contribution in [3.63, 3.8) is 0 Å². The zero-order valence-corrected chi connectivity index (χ0v) is 22.3. The largest absolute Gasteiger partial charge is 0.356 e. The second-order valence-electron chi connectivity index (χ2n) is 7.28. The van der Waals surface area contributed by atoms with Crippen molar-refractivity contribution in [2.45, 2.75) is 25.7 Å². The lowest BCUT2D eigenvalue weighted by Crippen LogP contribution is -2.43. The third-order valence-corrected chi connectivity index (χ3v) is 4.94. The van der Waals surface area contributed by atoms with Gasteiger partial charge in [0.05, 0.1) is 0 Å². The average molecular weight is 586 g/mol. The van der Waals surface area contributed by atoms with Crippen molar-refractivity contribution in [2.75, 3.05) is 23.7 Å². The van der Waals surface area contributed by atoms with Crippen LogP contribution in [-0.4, -0.2) is 36.9 Å². The molecule has 0 aromatic heterocycles. The molecular weight excluding hydrogens is 555 g/mol. The third kappa shape index (κ3) is 13.5. The molecule has 0 aliphatic rings. The minimum Gasteiger partial charge on any atom is -0.356 e. The van der Waals surface area contributed by atoms with Gasteiger partial charge in [0.25, 0.3) is 0 Å². The molecule has 10 N–H and O–H groups in total. The first-order valence-corrected chi connectivity index (χ1v) is 11.5. The minimum atomic E-state index is -0.00148. The number of guanidine groups is 4. The smallest absolute Gasteiger partial charge is 0.199 e. The molecular formula is C22H31BrCl2N10. The molecule has 35 heavy (non-hydrogen) atoms. The molecule has 0 unspecified atom stereocenters. The highest BCUT2D eigenvalue weighted by Crippen LogP contribution is 2.13. The van der Waals surface area contributed by atoms with Crippen molar-refractivity contribution in [1.82, 2.24) is 21.3 Å². The maximum Gasteiger partial charge on any atom is 0.199 e. The van der Waals surface area contributed by atoms with Crippen LogP contribution in [0.1, 0.15) is 25.7 Å². The molecule has 10 nitrogen and oxygen atoms in total. The topological polar surface area (TPSA) is 168 Å². The lowest BCUT2D eigenvalue weighted by Gasteiger charge is -2.13. The van der Waals surface area contributed by atoms with Crippen LogP contribution in [-0.2, 0) is 0 Å². The molecule has 0 bridgehead atoms. The first-order valence-electron chi connectivity index (χ1n) is 10.7. The zero-order chi connectivity index (χ0) is 24.8. The Kier molecular flexibility index (Phi) is 14.2. The summed E-state index contributed by atoms with van der Waals surface area (Å²) in [7, 11) is 0. The Labute approximate surface area is 225 Å². The third-order valence-electron chi connectivity index (χ3n) is 4.43. The zero-order valence-electron chi connectivity index (χ0n) is 19.0. The number of anilines is 2. The van der Waals surface area contributed by atoms with Crippen LogP contribution in [0.15, 0.2) is 48.5 Å². The highest BCUT2D eigenvalue weighted by molar-refractivity contribution is 8.93. The molecule has 2 aromatic carbocycles. The number of halogens is 3. The second kappa shape index (κ2) is 16.6. The fourth-order valence-electron chi connectivity index (χ4n) is 2.79. The van der Waals surface area contributed by atoms with Crippen molar-refractivity contribution in [2.24, 2.45) is 0 Å². The summed E-state index contributed by atoms with van der Waals surface area (Å²) in [6.07, 6.45) is 3.70. The number of hydrogen-bond acceptors (Lipinski definition) is 4. The van der Waals surface area contributed by atoms with Crippen molar-refractivity contribution in [3.8, 4) is 0 Å². The molecule has 0 amide bonds. The molecule has 0 radical (unpaired) electrons. The van der Waals surface area contributed by atoms with Gasteiger partial charge in [0.1, 0.15) is 0 Å². The van der Waals surface area contributed by atoms with Crippen LogP contribution in [0.2, 0.25) is 10.0 Å². The molecule has 0 saturated carbocycles. The van der Waals surface area contributed by atoms with Crippen LogP contribution in [0.3, 0.4) is 0 Å². The number of rotatable bonds is 9. The molecule has 0 aliphatic carbocycles. The standard InChI is InChI=1S/C22H30Cl2N10.BrH/c23-15-5-9-17(10-6-15)31-21(27)33-19(25)29-13-3-1-2-4-14-30-20(26)34-22(28)32-18-11-7-16(24)8-12-18;/h5-12H,1-4,13-14H2,(H5,25,27,29,31,33)(H5,26,28,30,32,34);1H. The summed E-state index contributed by atoms with van der Waals surface area (Å²) >= 11 is 11.7. The summed E-state index contributed by atoms with van der Waals surface area (Å²) in [5.41, 5.74) is 1.42. The number of hydrogen-bond donors (Lipinski definition) is 10. The Hall–Kier alpha value is -3.02. The van der Waals surface area contributed by atoms with Gasteiger partial charge in [0.2, 0.25) is 0 Å². The Morgan fingerprint density at radius 3 is 1.23 bits per heavy atom. The van der Waals surface area contributed by atoms with Gasteiger partial charge in [-0.3, -0.25) is 32.3 Å². The van der Waals surface area contributed by atoms with Gasteiger partial charge in [-0.2, -0.15) is 0 Å². The molecule has 0 fully saturated rings. The maximum atomic E-state index is 7.86. The van der Waals surface area contributed by atoms with Gasteiger partial charge in [-0.05, 0) is 61.4 Å². The monoisotopic (exact) mass is 584 g/mol. The van der Waals surface area contributed by atoms with Gasteiger partial charge in [0.15, 0.2) is 23.8 Å². The quantitative estimate of drug-likeness (QED) is 0.116. The Balaban J connectivity index is 0.00000612. The lowest BCUT2D eigenvalue weighted by atomic mass is 10.2. The van der Waals surface area contributed by atoms with Crippen LogP contribution in [0.5, 0.6) is 0 Å². The first-order chi connectivity index (χ1) is 16.3. The predicted octanol–water partition coefficient (Wildman–Crippen LogP) is 4.75. The van der Waals surface area contributed by atoms with Gasteiger partial charge in [0, 0.05) is 34.5 Å². The summed E-state index contributed by atoms with van der Waals surface area (Å²) in [6.45, 7) is 1.25. The summed E-state index contributed by atoms with van der Waals surface area (Å²) < 4.78 is 0. The summed E-state index contributed by atoms with van der Waals surface area (Å²) in [5, 5.41) is 49.5. The first kappa shape index (κ1) is 30.0. The molecule has 0 atom stereocenters.